The number of carboxylic acid groups (broad SMARTS) is 1. The van der Waals surface area contributed by atoms with Crippen LogP contribution in [0, 0.1) is 24.5 Å². The number of carboxylic acids is 1. The molecule has 125 heavy (non-hydrogen) atoms. The van der Waals surface area contributed by atoms with Gasteiger partial charge in [-0.3, -0.25) is 26.1 Å². The second-order valence-electron chi connectivity index (χ2n) is 25.6. The predicted molar refractivity (Wildman–Crippen MR) is 480 cm³/mol. The fourth-order valence-electron chi connectivity index (χ4n) is 10.2. The first-order valence-electron chi connectivity index (χ1n) is 39.3. The Bertz CT molecular complexity index is 4920. The van der Waals surface area contributed by atoms with E-state index in [9.17, 15) is 49.0 Å². The molecule has 0 unspecified atom stereocenters. The number of Topliss-reactive ketones (excluding diaryl/α,β-unsaturated/α-hetero) is 1. The quantitative estimate of drug-likeness (QED) is 0.00177. The number of rotatable bonds is 41. The third-order valence-corrected chi connectivity index (χ3v) is 16.9. The minimum atomic E-state index is -1.25. The number of benzene rings is 8. The summed E-state index contributed by atoms with van der Waals surface area (Å²) in [5.41, 5.74) is 8.31. The summed E-state index contributed by atoms with van der Waals surface area (Å²) in [6.07, 6.45) is 14.7. The van der Waals surface area contributed by atoms with E-state index in [2.05, 4.69) is 61.5 Å². The average molecular weight is 1700 g/mol. The lowest BCUT2D eigenvalue weighted by atomic mass is 10.1. The summed E-state index contributed by atoms with van der Waals surface area (Å²) in [5.74, 6) is 6.93. The van der Waals surface area contributed by atoms with Crippen molar-refractivity contribution in [1.82, 2.24) is 0 Å². The van der Waals surface area contributed by atoms with Gasteiger partial charge in [0.15, 0.2) is 5.78 Å². The van der Waals surface area contributed by atoms with Crippen molar-refractivity contribution in [1.29, 1.82) is 5.26 Å². The zero-order valence-corrected chi connectivity index (χ0v) is 70.3. The first-order chi connectivity index (χ1) is 60.0. The number of carbonyl (C=O) groups is 7. The van der Waals surface area contributed by atoms with Crippen molar-refractivity contribution in [3.05, 3.63) is 316 Å². The van der Waals surface area contributed by atoms with Gasteiger partial charge in [0.25, 0.3) is 11.4 Å². The zero-order valence-electron chi connectivity index (χ0n) is 70.3. The largest absolute Gasteiger partial charge is 0.508 e. The molecule has 0 aromatic heterocycles. The molecule has 8 aromatic rings. The molecule has 8 rings (SSSR count). The number of unbranched alkanes of at least 4 members (excludes halogenated alkanes) is 3. The number of carbonyl (C=O) groups excluding carboxylic acids is 6. The van der Waals surface area contributed by atoms with Gasteiger partial charge in [0.05, 0.1) is 75.6 Å². The molecular formula is C96H103N9O20. The number of hydrogen-bond acceptors (Lipinski definition) is 25. The number of aromatic hydroxyl groups is 3. The van der Waals surface area contributed by atoms with Crippen molar-refractivity contribution in [3.63, 3.8) is 0 Å². The van der Waals surface area contributed by atoms with Crippen molar-refractivity contribution in [2.45, 2.75) is 105 Å². The third kappa shape index (κ3) is 40.0. The van der Waals surface area contributed by atoms with E-state index in [0.29, 0.717) is 129 Å². The Morgan fingerprint density at radius 2 is 0.648 bits per heavy atom. The summed E-state index contributed by atoms with van der Waals surface area (Å²) in [5, 5.41) is 63.9. The molecule has 652 valence electrons. The van der Waals surface area contributed by atoms with E-state index in [1.807, 2.05) is 65.0 Å². The van der Waals surface area contributed by atoms with Crippen LogP contribution in [0.1, 0.15) is 155 Å². The standard InChI is InChI=1S/C52H50N4O10.C18H20N2O2.C17H17NO5.C9H10O2.H4N2.H2O/c1-6-46(39-18-26-44(27-19-39)65-51(59)41(36-53)34-37-14-22-42(23-15-37)61-30-10-12-32-63-49(57)8-3)55-56-47(7-2)40-20-28-45(29-21-40)66-52(60)48(54-5)35-38-16-24-43(25-17-38)62-31-11-13-33-64-50(58)9-4;1-3-17(13-5-9-15(21)10-6-13)19-20-18(4-2)14-7-11-16(22)12-8-14;1-3-16(19)23-11-5-4-10-22-14-8-6-13(7-9-14)12-15(18-2)17(20)21;1-2-9(11)7-3-5-8(10)6-4-7;1-2;/h8-9,14-29,34-35H,3-4,6-7,10-13,30-33H2,1-2H3;5-12,21-22H,3-4H2,1-2H3;3,6-9,12H,1,4-5,10-11H2,(H,20,21);3-6,10H,2H2,1H3;1-2H2;1H2/b41-34+,48-35-,55-46+,56-47+;19-17+,20-18+;15-12-;;;. The van der Waals surface area contributed by atoms with Crippen molar-refractivity contribution >= 4 is 82.7 Å². The number of nitriles is 1. The molecule has 29 heteroatoms. The number of phenolic OH excluding ortho intramolecular Hbond substituents is 3. The summed E-state index contributed by atoms with van der Waals surface area (Å²) in [4.78, 5) is 86.9. The molecular weight excluding hydrogens is 1600 g/mol. The van der Waals surface area contributed by atoms with Crippen LogP contribution in [0.5, 0.6) is 46.0 Å². The number of ether oxygens (including phenoxy) is 8. The Hall–Kier alpha value is -15.5. The van der Waals surface area contributed by atoms with Crippen molar-refractivity contribution in [2.24, 2.45) is 32.1 Å². The van der Waals surface area contributed by atoms with Crippen LogP contribution >= 0.6 is 0 Å². The van der Waals surface area contributed by atoms with Crippen LogP contribution in [0.25, 0.3) is 27.9 Å². The number of nitrogens with two attached hydrogens (primary N) is 2. The summed E-state index contributed by atoms with van der Waals surface area (Å²) in [7, 11) is 0. The normalized spacial score (nSPS) is 11.1. The van der Waals surface area contributed by atoms with Crippen LogP contribution < -0.4 is 35.4 Å². The molecule has 0 atom stereocenters. The fourth-order valence-corrected chi connectivity index (χ4v) is 10.2. The molecule has 0 aliphatic rings. The van der Waals surface area contributed by atoms with E-state index in [0.717, 1.165) is 71.2 Å². The first kappa shape index (κ1) is 104. The Morgan fingerprint density at radius 3 is 0.920 bits per heavy atom. The average Bonchev–Trinajstić information content (AvgIpc) is 0.826. The monoisotopic (exact) mass is 1700 g/mol. The minimum absolute atomic E-state index is 0. The van der Waals surface area contributed by atoms with Gasteiger partial charge in [0, 0.05) is 30.2 Å². The molecule has 0 bridgehead atoms. The predicted octanol–water partition coefficient (Wildman–Crippen LogP) is 16.9. The van der Waals surface area contributed by atoms with Crippen LogP contribution in [0.4, 0.5) is 0 Å². The van der Waals surface area contributed by atoms with Crippen molar-refractivity contribution in [3.8, 4) is 52.1 Å². The second kappa shape index (κ2) is 60.1. The van der Waals surface area contributed by atoms with E-state index in [-0.39, 0.29) is 70.2 Å². The molecule has 0 saturated heterocycles. The zero-order chi connectivity index (χ0) is 90.8. The highest BCUT2D eigenvalue weighted by Crippen LogP contribution is 2.24. The molecule has 0 spiro atoms. The van der Waals surface area contributed by atoms with Crippen LogP contribution in [0.2, 0.25) is 0 Å². The van der Waals surface area contributed by atoms with E-state index < -0.39 is 35.8 Å². The molecule has 0 saturated carbocycles. The number of nitrogens with zero attached hydrogens (tertiary/aromatic N) is 7. The minimum Gasteiger partial charge on any atom is -0.508 e. The lowest BCUT2D eigenvalue weighted by Gasteiger charge is -2.08. The van der Waals surface area contributed by atoms with Gasteiger partial charge in [-0.15, -0.1) is 0 Å². The lowest BCUT2D eigenvalue weighted by Crippen LogP contribution is -2.10. The Labute approximate surface area is 727 Å². The van der Waals surface area contributed by atoms with Gasteiger partial charge in [0.2, 0.25) is 0 Å². The van der Waals surface area contributed by atoms with Gasteiger partial charge in [-0.2, -0.15) is 25.7 Å². The first-order valence-corrected chi connectivity index (χ1v) is 39.3. The van der Waals surface area contributed by atoms with Crippen LogP contribution in [0.15, 0.2) is 269 Å². The highest BCUT2D eigenvalue weighted by molar-refractivity contribution is 6.05. The van der Waals surface area contributed by atoms with Gasteiger partial charge < -0.3 is 63.8 Å². The molecule has 8 aromatic carbocycles. The Kier molecular flexibility index (Phi) is 49.8. The molecule has 0 radical (unpaired) electrons. The number of hydrazine groups is 1. The van der Waals surface area contributed by atoms with E-state index in [4.69, 9.17) is 61.3 Å². The van der Waals surface area contributed by atoms with E-state index in [1.54, 1.807) is 158 Å². The van der Waals surface area contributed by atoms with Gasteiger partial charge in [-0.25, -0.2) is 28.9 Å². The van der Waals surface area contributed by atoms with Gasteiger partial charge >= 0.3 is 35.8 Å². The molecule has 0 heterocycles. The maximum absolute atomic E-state index is 12.9. The summed E-state index contributed by atoms with van der Waals surface area (Å²) < 4.78 is 42.7. The molecule has 0 aliphatic heterocycles. The SMILES string of the molecule is CC/C(=N\N=C(/CC)c1ccc(O)cc1)c1ccc(O)cc1.CCC(=O)c1ccc(O)cc1.NN.O.[C-]#[N+]/C(=C\c1ccc(OCCCCOC(=O)C=C)cc1)C(=O)O.[C-]#[N+]/C(=C\c1ccc(OCCCCOC(=O)C=C)cc1)C(=O)Oc1ccc(/C(CC)=N/N=C(\CC)c2ccc(OC(=O)/C(C#N)=C/c3ccc(OCCCCOC(=O)C=C)cc3)cc2)cc1. The molecule has 0 amide bonds. The number of phenols is 3. The topological polar surface area (TPSA) is 440 Å². The number of ketones is 1. The summed E-state index contributed by atoms with van der Waals surface area (Å²) in [6.45, 7) is 36.3. The Morgan fingerprint density at radius 1 is 0.384 bits per heavy atom. The van der Waals surface area contributed by atoms with Crippen molar-refractivity contribution < 1.29 is 97.4 Å². The van der Waals surface area contributed by atoms with Crippen LogP contribution in [-0.4, -0.2) is 130 Å². The summed E-state index contributed by atoms with van der Waals surface area (Å²) >= 11 is 0. The summed E-state index contributed by atoms with van der Waals surface area (Å²) in [6, 6.07) is 56.2. The van der Waals surface area contributed by atoms with Gasteiger partial charge in [-0.1, -0.05) is 90.8 Å². The number of aliphatic carboxylic acids is 1. The third-order valence-electron chi connectivity index (χ3n) is 16.9. The number of esters is 5. The smallest absolute Gasteiger partial charge is 0.354 e. The number of hydrogen-bond donors (Lipinski definition) is 6. The van der Waals surface area contributed by atoms with Crippen molar-refractivity contribution in [2.75, 3.05) is 39.6 Å². The maximum atomic E-state index is 12.9. The van der Waals surface area contributed by atoms with E-state index >= 15 is 0 Å². The highest BCUT2D eigenvalue weighted by Gasteiger charge is 2.17. The molecule has 10 N–H and O–H groups in total. The molecule has 0 fully saturated rings. The van der Waals surface area contributed by atoms with Gasteiger partial charge in [-0.05, 0) is 279 Å². The Balaban J connectivity index is 0.000000547. The van der Waals surface area contributed by atoms with E-state index in [1.165, 1.54) is 30.4 Å². The molecule has 0 aliphatic carbocycles. The molecule has 29 nitrogen and oxygen atoms in total. The lowest BCUT2D eigenvalue weighted by molar-refractivity contribution is -0.138. The highest BCUT2D eigenvalue weighted by atomic mass is 16.6. The fraction of sp³-hybridized carbons (Fsp3) is 0.229. The van der Waals surface area contributed by atoms with Crippen LogP contribution in [-0.2, 0) is 43.0 Å². The maximum Gasteiger partial charge on any atom is 0.354 e. The van der Waals surface area contributed by atoms with Crippen LogP contribution in [0.3, 0.4) is 0 Å². The van der Waals surface area contributed by atoms with Gasteiger partial charge in [0.1, 0.15) is 57.6 Å². The second-order valence-corrected chi connectivity index (χ2v) is 25.6.